The van der Waals surface area contributed by atoms with E-state index >= 15 is 0 Å². The molecule has 0 aliphatic carbocycles. The van der Waals surface area contributed by atoms with Gasteiger partial charge in [0, 0.05) is 22.7 Å². The number of furan rings is 1. The monoisotopic (exact) mass is 237 g/mol. The molecule has 0 radical (unpaired) electrons. The van der Waals surface area contributed by atoms with E-state index in [0.717, 1.165) is 5.39 Å². The highest BCUT2D eigenvalue weighted by atomic mass is 16.3. The van der Waals surface area contributed by atoms with Crippen LogP contribution in [0.15, 0.2) is 59.0 Å². The predicted octanol–water partition coefficient (Wildman–Crippen LogP) is 3.25. The first-order valence-corrected chi connectivity index (χ1v) is 5.63. The van der Waals surface area contributed by atoms with Crippen molar-refractivity contribution in [3.05, 3.63) is 65.9 Å². The standard InChI is InChI=1S/C15H11NO2/c16-12-7-6-11-8-14(18-13(11)9-12)15(17)10-4-2-1-3-5-10/h1-9H,16H2. The number of rotatable bonds is 2. The number of nitrogen functional groups attached to an aromatic ring is 1. The lowest BCUT2D eigenvalue weighted by Gasteiger charge is -1.95. The number of nitrogens with two attached hydrogens (primary N) is 1. The fourth-order valence-corrected chi connectivity index (χ4v) is 1.89. The van der Waals surface area contributed by atoms with E-state index in [4.69, 9.17) is 10.2 Å². The van der Waals surface area contributed by atoms with Crippen LogP contribution in [-0.2, 0) is 0 Å². The molecule has 0 fully saturated rings. The van der Waals surface area contributed by atoms with Crippen LogP contribution >= 0.6 is 0 Å². The summed E-state index contributed by atoms with van der Waals surface area (Å²) in [6, 6.07) is 16.2. The Hall–Kier alpha value is -2.55. The number of carbonyl (C=O) groups is 1. The molecule has 1 heterocycles. The summed E-state index contributed by atoms with van der Waals surface area (Å²) in [5.74, 6) is 0.215. The van der Waals surface area contributed by atoms with Gasteiger partial charge in [-0.3, -0.25) is 4.79 Å². The molecule has 0 bridgehead atoms. The van der Waals surface area contributed by atoms with Crippen LogP contribution in [-0.4, -0.2) is 5.78 Å². The van der Waals surface area contributed by atoms with E-state index in [2.05, 4.69) is 0 Å². The van der Waals surface area contributed by atoms with E-state index < -0.39 is 0 Å². The molecule has 18 heavy (non-hydrogen) atoms. The van der Waals surface area contributed by atoms with Gasteiger partial charge in [-0.2, -0.15) is 0 Å². The molecule has 0 unspecified atom stereocenters. The molecule has 0 aliphatic rings. The predicted molar refractivity (Wildman–Crippen MR) is 70.5 cm³/mol. The maximum absolute atomic E-state index is 12.2. The third-order valence-corrected chi connectivity index (χ3v) is 2.80. The number of ketones is 1. The van der Waals surface area contributed by atoms with E-state index in [9.17, 15) is 4.79 Å². The summed E-state index contributed by atoms with van der Waals surface area (Å²) in [7, 11) is 0. The first-order chi connectivity index (χ1) is 8.74. The minimum atomic E-state index is -0.120. The lowest BCUT2D eigenvalue weighted by atomic mass is 10.1. The molecule has 0 saturated heterocycles. The van der Waals surface area contributed by atoms with Crippen molar-refractivity contribution in [1.82, 2.24) is 0 Å². The van der Waals surface area contributed by atoms with Crippen LogP contribution in [0.5, 0.6) is 0 Å². The molecule has 3 aromatic rings. The van der Waals surface area contributed by atoms with Gasteiger partial charge in [-0.1, -0.05) is 30.3 Å². The van der Waals surface area contributed by atoms with Crippen molar-refractivity contribution in [1.29, 1.82) is 0 Å². The lowest BCUT2D eigenvalue weighted by molar-refractivity contribution is 0.101. The summed E-state index contributed by atoms with van der Waals surface area (Å²) >= 11 is 0. The average molecular weight is 237 g/mol. The first kappa shape index (κ1) is 10.6. The van der Waals surface area contributed by atoms with Crippen molar-refractivity contribution in [3.8, 4) is 0 Å². The van der Waals surface area contributed by atoms with E-state index in [1.807, 2.05) is 24.3 Å². The average Bonchev–Trinajstić information content (AvgIpc) is 2.81. The highest BCUT2D eigenvalue weighted by Crippen LogP contribution is 2.23. The van der Waals surface area contributed by atoms with Gasteiger partial charge in [0.1, 0.15) is 5.58 Å². The van der Waals surface area contributed by atoms with Crippen LogP contribution < -0.4 is 5.73 Å². The molecular formula is C15H11NO2. The normalized spacial score (nSPS) is 10.7. The number of hydrogen-bond donors (Lipinski definition) is 1. The Kier molecular flexibility index (Phi) is 2.38. The second kappa shape index (κ2) is 4.04. The first-order valence-electron chi connectivity index (χ1n) is 5.63. The SMILES string of the molecule is Nc1ccc2cc(C(=O)c3ccccc3)oc2c1. The third kappa shape index (κ3) is 1.76. The van der Waals surface area contributed by atoms with E-state index in [1.54, 1.807) is 30.3 Å². The topological polar surface area (TPSA) is 56.2 Å². The van der Waals surface area contributed by atoms with E-state index in [-0.39, 0.29) is 5.78 Å². The summed E-state index contributed by atoms with van der Waals surface area (Å²) < 4.78 is 5.54. The summed E-state index contributed by atoms with van der Waals surface area (Å²) in [6.07, 6.45) is 0. The largest absolute Gasteiger partial charge is 0.452 e. The van der Waals surface area contributed by atoms with Gasteiger partial charge in [0.15, 0.2) is 5.76 Å². The molecule has 88 valence electrons. The Bertz CT molecular complexity index is 714. The summed E-state index contributed by atoms with van der Waals surface area (Å²) in [6.45, 7) is 0. The van der Waals surface area contributed by atoms with E-state index in [1.165, 1.54) is 0 Å². The molecule has 0 saturated carbocycles. The molecule has 0 spiro atoms. The molecular weight excluding hydrogens is 226 g/mol. The molecule has 2 aromatic carbocycles. The molecule has 3 rings (SSSR count). The van der Waals surface area contributed by atoms with Crippen LogP contribution in [0, 0.1) is 0 Å². The molecule has 3 nitrogen and oxygen atoms in total. The van der Waals surface area contributed by atoms with E-state index in [0.29, 0.717) is 22.6 Å². The Balaban J connectivity index is 2.07. The Morgan fingerprint density at radius 3 is 2.56 bits per heavy atom. The second-order valence-corrected chi connectivity index (χ2v) is 4.10. The highest BCUT2D eigenvalue weighted by molar-refractivity contribution is 6.09. The van der Waals surface area contributed by atoms with Crippen LogP contribution in [0.4, 0.5) is 5.69 Å². The van der Waals surface area contributed by atoms with Gasteiger partial charge in [0.05, 0.1) is 0 Å². The van der Waals surface area contributed by atoms with Gasteiger partial charge in [-0.15, -0.1) is 0 Å². The van der Waals surface area contributed by atoms with Gasteiger partial charge >= 0.3 is 0 Å². The van der Waals surface area contributed by atoms with Gasteiger partial charge < -0.3 is 10.2 Å². The highest BCUT2D eigenvalue weighted by Gasteiger charge is 2.14. The van der Waals surface area contributed by atoms with Crippen LogP contribution in [0.3, 0.4) is 0 Å². The number of fused-ring (bicyclic) bond motifs is 1. The Labute approximate surface area is 104 Å². The van der Waals surface area contributed by atoms with Crippen molar-refractivity contribution in [2.24, 2.45) is 0 Å². The summed E-state index contributed by atoms with van der Waals surface area (Å²) in [5.41, 5.74) is 7.55. The van der Waals surface area contributed by atoms with Gasteiger partial charge in [-0.05, 0) is 18.2 Å². The van der Waals surface area contributed by atoms with Crippen molar-refractivity contribution in [3.63, 3.8) is 0 Å². The minimum absolute atomic E-state index is 0.120. The van der Waals surface area contributed by atoms with Crippen molar-refractivity contribution in [2.75, 3.05) is 5.73 Å². The fourth-order valence-electron chi connectivity index (χ4n) is 1.89. The zero-order chi connectivity index (χ0) is 12.5. The van der Waals surface area contributed by atoms with Crippen molar-refractivity contribution in [2.45, 2.75) is 0 Å². The maximum atomic E-state index is 12.2. The molecule has 2 N–H and O–H groups in total. The minimum Gasteiger partial charge on any atom is -0.452 e. The zero-order valence-corrected chi connectivity index (χ0v) is 9.59. The summed E-state index contributed by atoms with van der Waals surface area (Å²) in [4.78, 5) is 12.2. The smallest absolute Gasteiger partial charge is 0.228 e. The van der Waals surface area contributed by atoms with Gasteiger partial charge in [0.25, 0.3) is 0 Å². The van der Waals surface area contributed by atoms with Gasteiger partial charge in [-0.25, -0.2) is 0 Å². The maximum Gasteiger partial charge on any atom is 0.228 e. The Morgan fingerprint density at radius 2 is 1.78 bits per heavy atom. The van der Waals surface area contributed by atoms with Crippen LogP contribution in [0.1, 0.15) is 16.1 Å². The van der Waals surface area contributed by atoms with Gasteiger partial charge in [0.2, 0.25) is 5.78 Å². The number of benzene rings is 2. The molecule has 0 aliphatic heterocycles. The number of carbonyl (C=O) groups excluding carboxylic acids is 1. The lowest BCUT2D eigenvalue weighted by Crippen LogP contribution is -1.98. The molecule has 3 heteroatoms. The fraction of sp³-hybridized carbons (Fsp3) is 0. The summed E-state index contributed by atoms with van der Waals surface area (Å²) in [5, 5.41) is 0.878. The third-order valence-electron chi connectivity index (χ3n) is 2.80. The molecule has 1 aromatic heterocycles. The van der Waals surface area contributed by atoms with Crippen LogP contribution in [0.25, 0.3) is 11.0 Å². The number of hydrogen-bond acceptors (Lipinski definition) is 3. The second-order valence-electron chi connectivity index (χ2n) is 4.10. The van der Waals surface area contributed by atoms with Crippen molar-refractivity contribution >= 4 is 22.4 Å². The van der Waals surface area contributed by atoms with Crippen molar-refractivity contribution < 1.29 is 9.21 Å². The molecule has 0 amide bonds. The molecule has 0 atom stereocenters. The van der Waals surface area contributed by atoms with Crippen LogP contribution in [0.2, 0.25) is 0 Å². The zero-order valence-electron chi connectivity index (χ0n) is 9.59. The number of anilines is 1. The quantitative estimate of drug-likeness (QED) is 0.549. The Morgan fingerprint density at radius 1 is 1.00 bits per heavy atom.